The minimum Gasteiger partial charge on any atom is -0.491 e. The number of hydrogen-bond donors (Lipinski definition) is 1. The van der Waals surface area contributed by atoms with Crippen molar-refractivity contribution in [1.29, 1.82) is 0 Å². The maximum Gasteiger partial charge on any atom is 0.251 e. The summed E-state index contributed by atoms with van der Waals surface area (Å²) in [6.45, 7) is 6.00. The van der Waals surface area contributed by atoms with Crippen LogP contribution in [0.2, 0.25) is 0 Å². The molecule has 1 atom stereocenters. The van der Waals surface area contributed by atoms with E-state index in [0.29, 0.717) is 5.56 Å². The van der Waals surface area contributed by atoms with E-state index in [1.54, 1.807) is 12.1 Å². The van der Waals surface area contributed by atoms with Crippen LogP contribution in [0.25, 0.3) is 0 Å². The van der Waals surface area contributed by atoms with Gasteiger partial charge in [0.2, 0.25) is 0 Å². The van der Waals surface area contributed by atoms with Crippen molar-refractivity contribution in [2.75, 3.05) is 0 Å². The fraction of sp³-hybridized carbons (Fsp3) is 0.316. The number of benzene rings is 2. The van der Waals surface area contributed by atoms with E-state index >= 15 is 0 Å². The Hall–Kier alpha value is -2.29. The Morgan fingerprint density at radius 1 is 1.09 bits per heavy atom. The molecule has 0 fully saturated rings. The normalized spacial score (nSPS) is 12.0. The van der Waals surface area contributed by atoms with Crippen LogP contribution in [0.15, 0.2) is 54.6 Å². The zero-order valence-electron chi connectivity index (χ0n) is 13.4. The van der Waals surface area contributed by atoms with Crippen LogP contribution in [0.4, 0.5) is 0 Å². The fourth-order valence-electron chi connectivity index (χ4n) is 2.33. The van der Waals surface area contributed by atoms with Crippen molar-refractivity contribution in [2.24, 2.45) is 0 Å². The Kier molecular flexibility index (Phi) is 5.59. The van der Waals surface area contributed by atoms with Gasteiger partial charge < -0.3 is 10.1 Å². The van der Waals surface area contributed by atoms with E-state index in [-0.39, 0.29) is 18.1 Å². The summed E-state index contributed by atoms with van der Waals surface area (Å²) >= 11 is 0. The van der Waals surface area contributed by atoms with Gasteiger partial charge in [0.05, 0.1) is 12.1 Å². The van der Waals surface area contributed by atoms with E-state index < -0.39 is 0 Å². The van der Waals surface area contributed by atoms with E-state index in [1.165, 1.54) is 0 Å². The summed E-state index contributed by atoms with van der Waals surface area (Å²) in [4.78, 5) is 12.5. The molecular formula is C19H23NO2. The van der Waals surface area contributed by atoms with Gasteiger partial charge in [0.1, 0.15) is 5.75 Å². The summed E-state index contributed by atoms with van der Waals surface area (Å²) in [5, 5.41) is 3.09. The summed E-state index contributed by atoms with van der Waals surface area (Å²) in [6.07, 6.45) is 0.934. The molecule has 0 radical (unpaired) electrons. The van der Waals surface area contributed by atoms with Crippen molar-refractivity contribution in [3.8, 4) is 5.75 Å². The Balaban J connectivity index is 2.11. The van der Waals surface area contributed by atoms with E-state index in [4.69, 9.17) is 4.74 Å². The highest BCUT2D eigenvalue weighted by Gasteiger charge is 2.14. The van der Waals surface area contributed by atoms with Crippen LogP contribution in [-0.4, -0.2) is 12.0 Å². The van der Waals surface area contributed by atoms with Gasteiger partial charge in [-0.2, -0.15) is 0 Å². The molecule has 1 amide bonds. The zero-order valence-corrected chi connectivity index (χ0v) is 13.4. The molecule has 3 nitrogen and oxygen atoms in total. The number of carbonyl (C=O) groups excluding carboxylic acids is 1. The molecule has 0 aliphatic carbocycles. The maximum atomic E-state index is 12.5. The van der Waals surface area contributed by atoms with Crippen molar-refractivity contribution < 1.29 is 9.53 Å². The molecule has 22 heavy (non-hydrogen) atoms. The molecule has 0 aliphatic heterocycles. The number of ether oxygens (including phenoxy) is 1. The van der Waals surface area contributed by atoms with Gasteiger partial charge >= 0.3 is 0 Å². The molecule has 2 rings (SSSR count). The van der Waals surface area contributed by atoms with E-state index in [9.17, 15) is 4.79 Å². The highest BCUT2D eigenvalue weighted by molar-refractivity contribution is 5.94. The highest BCUT2D eigenvalue weighted by atomic mass is 16.5. The molecule has 0 saturated heterocycles. The predicted molar refractivity (Wildman–Crippen MR) is 89.1 cm³/mol. The van der Waals surface area contributed by atoms with E-state index in [1.807, 2.05) is 56.3 Å². The fourth-order valence-corrected chi connectivity index (χ4v) is 2.33. The van der Waals surface area contributed by atoms with Crippen molar-refractivity contribution in [3.05, 3.63) is 65.7 Å². The van der Waals surface area contributed by atoms with Gasteiger partial charge in [0, 0.05) is 5.56 Å². The molecule has 0 heterocycles. The average molecular weight is 297 g/mol. The molecule has 2 aromatic carbocycles. The second-order valence-corrected chi connectivity index (χ2v) is 5.54. The standard InChI is InChI=1S/C19H23NO2/c1-4-18(15-9-6-5-7-10-15)20-19(21)16-11-8-12-17(13-16)22-14(2)3/h5-14,18H,4H2,1-3H3,(H,20,21). The Morgan fingerprint density at radius 2 is 1.82 bits per heavy atom. The number of hydrogen-bond acceptors (Lipinski definition) is 2. The lowest BCUT2D eigenvalue weighted by Gasteiger charge is -2.18. The first-order valence-corrected chi connectivity index (χ1v) is 7.72. The Bertz CT molecular complexity index is 608. The summed E-state index contributed by atoms with van der Waals surface area (Å²) in [5.41, 5.74) is 1.74. The van der Waals surface area contributed by atoms with Gasteiger partial charge in [-0.1, -0.05) is 43.3 Å². The third-order valence-corrected chi connectivity index (χ3v) is 3.38. The van der Waals surface area contributed by atoms with Gasteiger partial charge in [-0.25, -0.2) is 0 Å². The lowest BCUT2D eigenvalue weighted by atomic mass is 10.0. The topological polar surface area (TPSA) is 38.3 Å². The summed E-state index contributed by atoms with van der Waals surface area (Å²) < 4.78 is 5.64. The SMILES string of the molecule is CCC(NC(=O)c1cccc(OC(C)C)c1)c1ccccc1. The molecule has 0 saturated carbocycles. The van der Waals surface area contributed by atoms with Gasteiger partial charge in [-0.05, 0) is 44.0 Å². The lowest BCUT2D eigenvalue weighted by Crippen LogP contribution is -2.28. The molecule has 116 valence electrons. The monoisotopic (exact) mass is 297 g/mol. The number of carbonyl (C=O) groups is 1. The summed E-state index contributed by atoms with van der Waals surface area (Å²) in [5.74, 6) is 0.639. The van der Waals surface area contributed by atoms with Gasteiger partial charge in [-0.15, -0.1) is 0 Å². The first-order valence-electron chi connectivity index (χ1n) is 7.72. The van der Waals surface area contributed by atoms with E-state index in [0.717, 1.165) is 17.7 Å². The molecule has 2 aromatic rings. The highest BCUT2D eigenvalue weighted by Crippen LogP contribution is 2.19. The van der Waals surface area contributed by atoms with Crippen molar-refractivity contribution in [3.63, 3.8) is 0 Å². The van der Waals surface area contributed by atoms with Crippen LogP contribution in [0, 0.1) is 0 Å². The number of nitrogens with one attached hydrogen (secondary N) is 1. The predicted octanol–water partition coefficient (Wildman–Crippen LogP) is 4.35. The van der Waals surface area contributed by atoms with Crippen molar-refractivity contribution >= 4 is 5.91 Å². The first kappa shape index (κ1) is 16.1. The number of rotatable bonds is 6. The van der Waals surface area contributed by atoms with Crippen LogP contribution in [0.1, 0.15) is 49.2 Å². The average Bonchev–Trinajstić information content (AvgIpc) is 2.53. The van der Waals surface area contributed by atoms with Crippen LogP contribution in [0.5, 0.6) is 5.75 Å². The third-order valence-electron chi connectivity index (χ3n) is 3.38. The number of amides is 1. The second kappa shape index (κ2) is 7.64. The maximum absolute atomic E-state index is 12.5. The minimum absolute atomic E-state index is 0.0170. The molecule has 1 unspecified atom stereocenters. The molecule has 0 aromatic heterocycles. The van der Waals surface area contributed by atoms with E-state index in [2.05, 4.69) is 12.2 Å². The van der Waals surface area contributed by atoms with Gasteiger partial charge in [-0.3, -0.25) is 4.79 Å². The Labute approximate surface area is 132 Å². The molecule has 1 N–H and O–H groups in total. The largest absolute Gasteiger partial charge is 0.491 e. The van der Waals surface area contributed by atoms with Crippen molar-refractivity contribution in [1.82, 2.24) is 5.32 Å². The van der Waals surface area contributed by atoms with Crippen LogP contribution >= 0.6 is 0 Å². The molecular weight excluding hydrogens is 274 g/mol. The smallest absolute Gasteiger partial charge is 0.251 e. The van der Waals surface area contributed by atoms with Crippen LogP contribution in [0.3, 0.4) is 0 Å². The summed E-state index contributed by atoms with van der Waals surface area (Å²) in [6, 6.07) is 17.3. The molecule has 0 bridgehead atoms. The molecule has 0 spiro atoms. The summed E-state index contributed by atoms with van der Waals surface area (Å²) in [7, 11) is 0. The zero-order chi connectivity index (χ0) is 15.9. The third kappa shape index (κ3) is 4.35. The molecule has 0 aliphatic rings. The van der Waals surface area contributed by atoms with Gasteiger partial charge in [0.25, 0.3) is 5.91 Å². The quantitative estimate of drug-likeness (QED) is 0.860. The first-order chi connectivity index (χ1) is 10.6. The Morgan fingerprint density at radius 3 is 2.45 bits per heavy atom. The van der Waals surface area contributed by atoms with Gasteiger partial charge in [0.15, 0.2) is 0 Å². The lowest BCUT2D eigenvalue weighted by molar-refractivity contribution is 0.0935. The van der Waals surface area contributed by atoms with Crippen LogP contribution in [-0.2, 0) is 0 Å². The van der Waals surface area contributed by atoms with Crippen LogP contribution < -0.4 is 10.1 Å². The van der Waals surface area contributed by atoms with Crippen molar-refractivity contribution in [2.45, 2.75) is 39.3 Å². The molecule has 3 heteroatoms. The second-order valence-electron chi connectivity index (χ2n) is 5.54. The minimum atomic E-state index is -0.0788.